The third-order valence-corrected chi connectivity index (χ3v) is 3.42. The molecule has 0 aliphatic rings. The Kier molecular flexibility index (Phi) is 4.52. The van der Waals surface area contributed by atoms with E-state index in [4.69, 9.17) is 15.3 Å². The molecule has 2 heterocycles. The lowest BCUT2D eigenvalue weighted by molar-refractivity contribution is 0.0643. The SMILES string of the molecule is CCOCC(C)Oc1nc(NN)nc2sc(C)cc12. The fourth-order valence-corrected chi connectivity index (χ4v) is 2.55. The van der Waals surface area contributed by atoms with Crippen LogP contribution in [0.1, 0.15) is 18.7 Å². The number of hydrazine groups is 1. The summed E-state index contributed by atoms with van der Waals surface area (Å²) < 4.78 is 11.2. The molecular weight excluding hydrogens is 264 g/mol. The summed E-state index contributed by atoms with van der Waals surface area (Å²) >= 11 is 1.58. The van der Waals surface area contributed by atoms with Crippen LogP contribution in [-0.4, -0.2) is 29.3 Å². The number of hydrogen-bond donors (Lipinski definition) is 2. The van der Waals surface area contributed by atoms with Crippen LogP contribution in [0.2, 0.25) is 0 Å². The van der Waals surface area contributed by atoms with Crippen molar-refractivity contribution >= 4 is 27.5 Å². The number of fused-ring (bicyclic) bond motifs is 1. The van der Waals surface area contributed by atoms with Crippen LogP contribution in [0.3, 0.4) is 0 Å². The Morgan fingerprint density at radius 2 is 2.26 bits per heavy atom. The van der Waals surface area contributed by atoms with Gasteiger partial charge in [0.1, 0.15) is 10.9 Å². The van der Waals surface area contributed by atoms with Crippen molar-refractivity contribution in [2.75, 3.05) is 18.6 Å². The molecule has 1 atom stereocenters. The number of rotatable bonds is 6. The highest BCUT2D eigenvalue weighted by Crippen LogP contribution is 2.31. The van der Waals surface area contributed by atoms with Crippen molar-refractivity contribution in [3.63, 3.8) is 0 Å². The van der Waals surface area contributed by atoms with E-state index in [1.807, 2.05) is 26.8 Å². The Morgan fingerprint density at radius 1 is 1.47 bits per heavy atom. The summed E-state index contributed by atoms with van der Waals surface area (Å²) in [5.74, 6) is 6.27. The van der Waals surface area contributed by atoms with Gasteiger partial charge in [-0.15, -0.1) is 11.3 Å². The lowest BCUT2D eigenvalue weighted by Gasteiger charge is -2.14. The van der Waals surface area contributed by atoms with Crippen molar-refractivity contribution in [1.29, 1.82) is 0 Å². The van der Waals surface area contributed by atoms with Crippen molar-refractivity contribution in [2.45, 2.75) is 26.9 Å². The molecule has 7 heteroatoms. The highest BCUT2D eigenvalue weighted by atomic mass is 32.1. The predicted octanol–water partition coefficient (Wildman–Crippen LogP) is 2.09. The second-order valence-corrected chi connectivity index (χ2v) is 5.40. The van der Waals surface area contributed by atoms with Gasteiger partial charge in [0.25, 0.3) is 0 Å². The van der Waals surface area contributed by atoms with Gasteiger partial charge in [-0.1, -0.05) is 0 Å². The van der Waals surface area contributed by atoms with E-state index < -0.39 is 0 Å². The third-order valence-electron chi connectivity index (χ3n) is 2.48. The summed E-state index contributed by atoms with van der Waals surface area (Å²) in [6, 6.07) is 2.02. The Bertz CT molecular complexity index is 558. The maximum atomic E-state index is 5.82. The molecule has 0 fully saturated rings. The van der Waals surface area contributed by atoms with Crippen molar-refractivity contribution in [1.82, 2.24) is 9.97 Å². The normalized spacial score (nSPS) is 12.6. The van der Waals surface area contributed by atoms with Crippen LogP contribution in [0.4, 0.5) is 5.95 Å². The van der Waals surface area contributed by atoms with Crippen LogP contribution >= 0.6 is 11.3 Å². The van der Waals surface area contributed by atoms with Gasteiger partial charge in [-0.05, 0) is 26.8 Å². The molecule has 2 rings (SSSR count). The third kappa shape index (κ3) is 3.31. The number of nitrogen functional groups attached to an aromatic ring is 1. The van der Waals surface area contributed by atoms with Gasteiger partial charge in [0, 0.05) is 11.5 Å². The first-order valence-electron chi connectivity index (χ1n) is 6.13. The van der Waals surface area contributed by atoms with Gasteiger partial charge in [-0.25, -0.2) is 10.8 Å². The Labute approximate surface area is 115 Å². The van der Waals surface area contributed by atoms with Gasteiger partial charge < -0.3 is 9.47 Å². The summed E-state index contributed by atoms with van der Waals surface area (Å²) in [6.07, 6.45) is -0.0797. The maximum Gasteiger partial charge on any atom is 0.241 e. The fourth-order valence-electron chi connectivity index (χ4n) is 1.68. The molecule has 0 spiro atoms. The van der Waals surface area contributed by atoms with Crippen molar-refractivity contribution in [2.24, 2.45) is 5.84 Å². The van der Waals surface area contributed by atoms with Crippen LogP contribution in [0.15, 0.2) is 6.07 Å². The Morgan fingerprint density at radius 3 is 2.95 bits per heavy atom. The molecule has 6 nitrogen and oxygen atoms in total. The summed E-state index contributed by atoms with van der Waals surface area (Å²) in [5, 5.41) is 0.907. The molecule has 2 aromatic heterocycles. The fraction of sp³-hybridized carbons (Fsp3) is 0.500. The van der Waals surface area contributed by atoms with Gasteiger partial charge in [0.15, 0.2) is 0 Å². The number of ether oxygens (including phenoxy) is 2. The lowest BCUT2D eigenvalue weighted by atomic mass is 10.3. The Balaban J connectivity index is 2.29. The van der Waals surface area contributed by atoms with E-state index in [0.717, 1.165) is 15.1 Å². The molecule has 0 saturated heterocycles. The molecule has 0 saturated carbocycles. The molecule has 104 valence electrons. The molecule has 0 amide bonds. The van der Waals surface area contributed by atoms with Crippen molar-refractivity contribution in [3.05, 3.63) is 10.9 Å². The van der Waals surface area contributed by atoms with Gasteiger partial charge in [-0.3, -0.25) is 5.43 Å². The molecule has 0 aliphatic carbocycles. The number of hydrogen-bond acceptors (Lipinski definition) is 7. The van der Waals surface area contributed by atoms with Crippen LogP contribution in [0.5, 0.6) is 5.88 Å². The maximum absolute atomic E-state index is 5.82. The van der Waals surface area contributed by atoms with Gasteiger partial charge in [0.05, 0.1) is 12.0 Å². The van der Waals surface area contributed by atoms with Crippen molar-refractivity contribution < 1.29 is 9.47 Å². The summed E-state index contributed by atoms with van der Waals surface area (Å²) in [5.41, 5.74) is 2.46. The first-order chi connectivity index (χ1) is 9.13. The molecule has 3 N–H and O–H groups in total. The molecule has 0 bridgehead atoms. The average molecular weight is 282 g/mol. The zero-order valence-electron chi connectivity index (χ0n) is 11.3. The minimum absolute atomic E-state index is 0.0797. The zero-order valence-corrected chi connectivity index (χ0v) is 12.1. The second-order valence-electron chi connectivity index (χ2n) is 4.16. The number of aromatic nitrogens is 2. The number of nitrogens with two attached hydrogens (primary N) is 1. The van der Waals surface area contributed by atoms with Crippen LogP contribution in [0, 0.1) is 6.92 Å². The smallest absolute Gasteiger partial charge is 0.241 e. The minimum Gasteiger partial charge on any atom is -0.472 e. The largest absolute Gasteiger partial charge is 0.472 e. The van der Waals surface area contributed by atoms with E-state index in [2.05, 4.69) is 15.4 Å². The van der Waals surface area contributed by atoms with Crippen LogP contribution in [0.25, 0.3) is 10.2 Å². The molecular formula is C12H18N4O2S. The number of anilines is 1. The van der Waals surface area contributed by atoms with Gasteiger partial charge >= 0.3 is 0 Å². The zero-order chi connectivity index (χ0) is 13.8. The molecule has 0 aromatic carbocycles. The highest BCUT2D eigenvalue weighted by Gasteiger charge is 2.14. The van der Waals surface area contributed by atoms with Crippen LogP contribution in [-0.2, 0) is 4.74 Å². The van der Waals surface area contributed by atoms with E-state index in [9.17, 15) is 0 Å². The highest BCUT2D eigenvalue weighted by molar-refractivity contribution is 7.18. The standard InChI is InChI=1S/C12H18N4O2S/c1-4-17-6-7(2)18-10-9-5-8(3)19-11(9)15-12(14-10)16-13/h5,7H,4,6,13H2,1-3H3,(H,14,15,16). The van der Waals surface area contributed by atoms with Gasteiger partial charge in [-0.2, -0.15) is 4.98 Å². The topological polar surface area (TPSA) is 82.3 Å². The lowest BCUT2D eigenvalue weighted by Crippen LogP contribution is -2.20. The van der Waals surface area contributed by atoms with Gasteiger partial charge in [0.2, 0.25) is 11.8 Å². The molecule has 2 aromatic rings. The molecule has 1 unspecified atom stereocenters. The monoisotopic (exact) mass is 282 g/mol. The van der Waals surface area contributed by atoms with E-state index >= 15 is 0 Å². The average Bonchev–Trinajstić information content (AvgIpc) is 2.76. The van der Waals surface area contributed by atoms with Crippen LogP contribution < -0.4 is 16.0 Å². The quantitative estimate of drug-likeness (QED) is 0.623. The molecule has 0 aliphatic heterocycles. The summed E-state index contributed by atoms with van der Waals surface area (Å²) in [6.45, 7) is 7.11. The molecule has 0 radical (unpaired) electrons. The van der Waals surface area contributed by atoms with E-state index in [-0.39, 0.29) is 6.10 Å². The van der Waals surface area contributed by atoms with Crippen molar-refractivity contribution in [3.8, 4) is 5.88 Å². The van der Waals surface area contributed by atoms with E-state index in [1.165, 1.54) is 0 Å². The minimum atomic E-state index is -0.0797. The number of aryl methyl sites for hydroxylation is 1. The number of nitrogens with one attached hydrogen (secondary N) is 1. The number of nitrogens with zero attached hydrogens (tertiary/aromatic N) is 2. The first kappa shape index (κ1) is 14.0. The first-order valence-corrected chi connectivity index (χ1v) is 6.95. The molecule has 19 heavy (non-hydrogen) atoms. The van der Waals surface area contributed by atoms with E-state index in [0.29, 0.717) is 25.0 Å². The van der Waals surface area contributed by atoms with E-state index in [1.54, 1.807) is 11.3 Å². The Hall–Kier alpha value is -1.44. The summed E-state index contributed by atoms with van der Waals surface area (Å²) in [7, 11) is 0. The number of thiophene rings is 1. The summed E-state index contributed by atoms with van der Waals surface area (Å²) in [4.78, 5) is 10.6. The predicted molar refractivity (Wildman–Crippen MR) is 76.5 cm³/mol. The second kappa shape index (κ2) is 6.14.